The van der Waals surface area contributed by atoms with Crippen molar-refractivity contribution >= 4 is 7.60 Å². The summed E-state index contributed by atoms with van der Waals surface area (Å²) in [5.41, 5.74) is -2.60. The Morgan fingerprint density at radius 3 is 2.37 bits per heavy atom. The number of aliphatic hydroxyl groups excluding tert-OH is 2. The Morgan fingerprint density at radius 1 is 1.27 bits per heavy atom. The van der Waals surface area contributed by atoms with E-state index in [2.05, 4.69) is 4.98 Å². The number of aliphatic hydroxyl groups is 3. The monoisotopic (exact) mass is 452 g/mol. The SMILES string of the molecule is CCC(C)(O)P(=O)(O)O[C@](C)(CC)CCO[C@@H](c1cn(C)c(=O)[nH]c1=O)[C@H](O)CO. The molecule has 12 heteroatoms. The standard InChI is InChI=1S/C18H33N2O9P/c1-6-17(3,29-30(26,27)18(4,25)7-2)8-9-28-14(13(22)11-21)12-10-20(5)16(24)19-15(12)23/h10,13-14,21-22,25H,6-9,11H2,1-5H3,(H,26,27)(H,19,23,24)/t13-,14+,17-,18?/m1/s1. The van der Waals surface area contributed by atoms with E-state index in [0.717, 1.165) is 4.57 Å². The smallest absolute Gasteiger partial charge is 0.359 e. The maximum Gasteiger partial charge on any atom is 0.359 e. The Bertz CT molecular complexity index is 866. The average molecular weight is 452 g/mol. The molecule has 0 saturated heterocycles. The lowest BCUT2D eigenvalue weighted by Gasteiger charge is -2.36. The van der Waals surface area contributed by atoms with Crippen LogP contribution in [-0.2, 0) is 20.9 Å². The number of aromatic amines is 1. The van der Waals surface area contributed by atoms with Crippen LogP contribution >= 0.6 is 7.60 Å². The molecule has 30 heavy (non-hydrogen) atoms. The van der Waals surface area contributed by atoms with Gasteiger partial charge in [-0.15, -0.1) is 0 Å². The van der Waals surface area contributed by atoms with Gasteiger partial charge in [-0.05, 0) is 26.7 Å². The summed E-state index contributed by atoms with van der Waals surface area (Å²) in [7, 11) is -2.98. The fraction of sp³-hybridized carbons (Fsp3) is 0.778. The summed E-state index contributed by atoms with van der Waals surface area (Å²) in [6.45, 7) is 5.30. The summed E-state index contributed by atoms with van der Waals surface area (Å²) in [4.78, 5) is 36.0. The van der Waals surface area contributed by atoms with Gasteiger partial charge in [0.25, 0.3) is 5.56 Å². The Balaban J connectivity index is 3.02. The van der Waals surface area contributed by atoms with E-state index < -0.39 is 48.6 Å². The van der Waals surface area contributed by atoms with Gasteiger partial charge in [-0.3, -0.25) is 14.3 Å². The number of ether oxygens (including phenoxy) is 1. The van der Waals surface area contributed by atoms with Crippen molar-refractivity contribution in [1.29, 1.82) is 0 Å². The molecule has 0 aliphatic carbocycles. The molecule has 5 atom stereocenters. The molecule has 11 nitrogen and oxygen atoms in total. The molecule has 1 aromatic rings. The third-order valence-corrected chi connectivity index (χ3v) is 7.50. The van der Waals surface area contributed by atoms with Crippen molar-refractivity contribution in [3.05, 3.63) is 32.6 Å². The van der Waals surface area contributed by atoms with Crippen molar-refractivity contribution in [2.45, 2.75) is 70.1 Å². The second-order valence-corrected chi connectivity index (χ2v) is 9.92. The molecule has 1 aromatic heterocycles. The number of aryl methyl sites for hydroxylation is 1. The molecule has 0 radical (unpaired) electrons. The van der Waals surface area contributed by atoms with E-state index in [9.17, 15) is 34.4 Å². The first kappa shape index (κ1) is 26.7. The zero-order valence-corrected chi connectivity index (χ0v) is 18.9. The first-order chi connectivity index (χ1) is 13.7. The van der Waals surface area contributed by atoms with E-state index in [1.54, 1.807) is 20.8 Å². The molecule has 174 valence electrons. The average Bonchev–Trinajstić information content (AvgIpc) is 2.67. The van der Waals surface area contributed by atoms with Crippen LogP contribution in [0.15, 0.2) is 15.8 Å². The number of H-pyrrole nitrogens is 1. The van der Waals surface area contributed by atoms with Crippen LogP contribution in [0.25, 0.3) is 0 Å². The van der Waals surface area contributed by atoms with Crippen LogP contribution in [-0.4, -0.2) is 60.0 Å². The van der Waals surface area contributed by atoms with Gasteiger partial charge in [-0.2, -0.15) is 0 Å². The number of nitrogens with one attached hydrogen (secondary N) is 1. The highest BCUT2D eigenvalue weighted by Gasteiger charge is 2.46. The van der Waals surface area contributed by atoms with Gasteiger partial charge in [0.15, 0.2) is 5.34 Å². The predicted molar refractivity (Wildman–Crippen MR) is 109 cm³/mol. The summed E-state index contributed by atoms with van der Waals surface area (Å²) in [5, 5.41) is 27.7. The lowest BCUT2D eigenvalue weighted by Crippen LogP contribution is -2.37. The minimum atomic E-state index is -4.38. The van der Waals surface area contributed by atoms with Gasteiger partial charge >= 0.3 is 13.3 Å². The van der Waals surface area contributed by atoms with Crippen molar-refractivity contribution in [2.24, 2.45) is 7.05 Å². The Labute approximate surface area is 174 Å². The molecule has 0 spiro atoms. The Kier molecular flexibility index (Phi) is 9.19. The fourth-order valence-electron chi connectivity index (χ4n) is 2.58. The summed E-state index contributed by atoms with van der Waals surface area (Å²) in [6.07, 6.45) is -1.06. The predicted octanol–water partition coefficient (Wildman–Crippen LogP) is 0.364. The third kappa shape index (κ3) is 6.34. The van der Waals surface area contributed by atoms with E-state index in [1.807, 2.05) is 0 Å². The van der Waals surface area contributed by atoms with Crippen LogP contribution in [0.1, 0.15) is 58.6 Å². The van der Waals surface area contributed by atoms with Gasteiger partial charge in [-0.25, -0.2) is 4.79 Å². The van der Waals surface area contributed by atoms with Crippen LogP contribution in [0.4, 0.5) is 0 Å². The zero-order valence-electron chi connectivity index (χ0n) is 18.0. The molecular formula is C18H33N2O9P. The summed E-state index contributed by atoms with van der Waals surface area (Å²) >= 11 is 0. The number of hydrogen-bond acceptors (Lipinski definition) is 8. The minimum Gasteiger partial charge on any atom is -0.394 e. The topological polar surface area (TPSA) is 171 Å². The van der Waals surface area contributed by atoms with Gasteiger partial charge in [-0.1, -0.05) is 13.8 Å². The molecule has 0 saturated carbocycles. The van der Waals surface area contributed by atoms with E-state index >= 15 is 0 Å². The van der Waals surface area contributed by atoms with Crippen LogP contribution in [0.2, 0.25) is 0 Å². The molecule has 0 bridgehead atoms. The second-order valence-electron chi connectivity index (χ2n) is 7.73. The lowest BCUT2D eigenvalue weighted by molar-refractivity contribution is -0.0761. The number of hydrogen-bond donors (Lipinski definition) is 5. The van der Waals surface area contributed by atoms with Crippen molar-refractivity contribution in [2.75, 3.05) is 13.2 Å². The second kappa shape index (κ2) is 10.3. The Morgan fingerprint density at radius 2 is 1.87 bits per heavy atom. The van der Waals surface area contributed by atoms with Gasteiger partial charge in [0.05, 0.1) is 24.4 Å². The van der Waals surface area contributed by atoms with Crippen LogP contribution in [0.5, 0.6) is 0 Å². The zero-order chi connectivity index (χ0) is 23.3. The summed E-state index contributed by atoms with van der Waals surface area (Å²) in [6, 6.07) is 0. The van der Waals surface area contributed by atoms with Gasteiger partial charge in [0, 0.05) is 19.7 Å². The highest BCUT2D eigenvalue weighted by Crippen LogP contribution is 2.58. The maximum absolute atomic E-state index is 12.5. The largest absolute Gasteiger partial charge is 0.394 e. The van der Waals surface area contributed by atoms with E-state index in [0.29, 0.717) is 6.42 Å². The minimum absolute atomic E-state index is 0.0113. The summed E-state index contributed by atoms with van der Waals surface area (Å²) < 4.78 is 24.7. The lowest BCUT2D eigenvalue weighted by atomic mass is 10.00. The number of rotatable bonds is 12. The first-order valence-electron chi connectivity index (χ1n) is 9.70. The molecule has 1 heterocycles. The third-order valence-electron chi connectivity index (χ3n) is 5.28. The summed E-state index contributed by atoms with van der Waals surface area (Å²) in [5.74, 6) is 0. The molecule has 0 aromatic carbocycles. The van der Waals surface area contributed by atoms with Crippen molar-refractivity contribution < 1.29 is 34.0 Å². The van der Waals surface area contributed by atoms with E-state index in [-0.39, 0.29) is 25.0 Å². The van der Waals surface area contributed by atoms with Gasteiger partial charge < -0.3 is 34.0 Å². The van der Waals surface area contributed by atoms with Crippen LogP contribution < -0.4 is 11.2 Å². The molecule has 0 fully saturated rings. The molecule has 0 amide bonds. The van der Waals surface area contributed by atoms with Crippen LogP contribution in [0, 0.1) is 0 Å². The van der Waals surface area contributed by atoms with Crippen molar-refractivity contribution in [1.82, 2.24) is 9.55 Å². The molecular weight excluding hydrogens is 419 g/mol. The van der Waals surface area contributed by atoms with Gasteiger partial charge in [0.1, 0.15) is 12.2 Å². The van der Waals surface area contributed by atoms with Crippen molar-refractivity contribution in [3.63, 3.8) is 0 Å². The Hall–Kier alpha value is -1.33. The normalized spacial score (nSPS) is 20.0. The van der Waals surface area contributed by atoms with E-state index in [1.165, 1.54) is 20.2 Å². The molecule has 0 aliphatic rings. The van der Waals surface area contributed by atoms with Crippen molar-refractivity contribution in [3.8, 4) is 0 Å². The molecule has 1 rings (SSSR count). The van der Waals surface area contributed by atoms with Gasteiger partial charge in [0.2, 0.25) is 0 Å². The number of aromatic nitrogens is 2. The first-order valence-corrected chi connectivity index (χ1v) is 11.3. The van der Waals surface area contributed by atoms with E-state index in [4.69, 9.17) is 9.26 Å². The molecule has 5 N–H and O–H groups in total. The number of nitrogens with zero attached hydrogens (tertiary/aromatic N) is 1. The molecule has 2 unspecified atom stereocenters. The van der Waals surface area contributed by atoms with Crippen LogP contribution in [0.3, 0.4) is 0 Å². The fourth-order valence-corrected chi connectivity index (χ4v) is 3.99. The maximum atomic E-state index is 12.5. The highest BCUT2D eigenvalue weighted by molar-refractivity contribution is 7.54. The molecule has 0 aliphatic heterocycles. The quantitative estimate of drug-likeness (QED) is 0.281. The highest BCUT2D eigenvalue weighted by atomic mass is 31.2.